The summed E-state index contributed by atoms with van der Waals surface area (Å²) < 4.78 is 7.44. The van der Waals surface area contributed by atoms with Gasteiger partial charge in [-0.25, -0.2) is 4.68 Å². The molecule has 0 atom stereocenters. The average molecular weight is 273 g/mol. The molecule has 1 aromatic heterocycles. The molecule has 5 heteroatoms. The van der Waals surface area contributed by atoms with Crippen molar-refractivity contribution in [1.29, 1.82) is 0 Å². The van der Waals surface area contributed by atoms with Gasteiger partial charge in [-0.3, -0.25) is 4.79 Å². The Morgan fingerprint density at radius 3 is 2.70 bits per heavy atom. The van der Waals surface area contributed by atoms with E-state index in [9.17, 15) is 4.79 Å². The molecule has 2 rings (SSSR count). The minimum Gasteiger partial charge on any atom is -0.494 e. The fourth-order valence-electron chi connectivity index (χ4n) is 2.02. The van der Waals surface area contributed by atoms with Crippen LogP contribution in [0.4, 0.5) is 0 Å². The Labute approximate surface area is 118 Å². The van der Waals surface area contributed by atoms with Crippen molar-refractivity contribution in [3.63, 3.8) is 0 Å². The molecule has 0 aliphatic rings. The second-order valence-electron chi connectivity index (χ2n) is 4.63. The molecule has 0 aliphatic heterocycles. The zero-order chi connectivity index (χ0) is 14.4. The van der Waals surface area contributed by atoms with E-state index in [-0.39, 0.29) is 0 Å². The maximum absolute atomic E-state index is 10.8. The van der Waals surface area contributed by atoms with Crippen molar-refractivity contribution >= 4 is 6.29 Å². The quantitative estimate of drug-likeness (QED) is 0.574. The number of hydrogen-bond donors (Lipinski definition) is 0. The normalized spacial score (nSPS) is 10.5. The predicted molar refractivity (Wildman–Crippen MR) is 76.1 cm³/mol. The van der Waals surface area contributed by atoms with Crippen LogP contribution in [0.3, 0.4) is 0 Å². The Morgan fingerprint density at radius 1 is 1.30 bits per heavy atom. The lowest BCUT2D eigenvalue weighted by Crippen LogP contribution is -2.09. The van der Waals surface area contributed by atoms with E-state index in [2.05, 4.69) is 10.3 Å². The molecule has 0 bridgehead atoms. The summed E-state index contributed by atoms with van der Waals surface area (Å²) in [7, 11) is 0. The van der Waals surface area contributed by atoms with Gasteiger partial charge in [0.15, 0.2) is 6.29 Å². The summed E-state index contributed by atoms with van der Waals surface area (Å²) in [5, 5.41) is 7.85. The standard InChI is InChI=1S/C15H19N3O2/c1-3-15-14(11-19)16-17-18(15)9-4-10-20-13-7-5-12(2)6-8-13/h5-8,11H,3-4,9-10H2,1-2H3. The van der Waals surface area contributed by atoms with Crippen molar-refractivity contribution in [2.75, 3.05) is 6.61 Å². The van der Waals surface area contributed by atoms with Crippen molar-refractivity contribution in [2.45, 2.75) is 33.2 Å². The van der Waals surface area contributed by atoms with Crippen LogP contribution >= 0.6 is 0 Å². The van der Waals surface area contributed by atoms with Crippen LogP contribution in [0.15, 0.2) is 24.3 Å². The SMILES string of the molecule is CCc1c(C=O)nnn1CCCOc1ccc(C)cc1. The molecule has 1 aromatic carbocycles. The molecule has 0 radical (unpaired) electrons. The highest BCUT2D eigenvalue weighted by molar-refractivity contribution is 5.73. The largest absolute Gasteiger partial charge is 0.494 e. The van der Waals surface area contributed by atoms with Gasteiger partial charge in [-0.15, -0.1) is 5.10 Å². The zero-order valence-electron chi connectivity index (χ0n) is 11.9. The minimum absolute atomic E-state index is 0.437. The van der Waals surface area contributed by atoms with E-state index < -0.39 is 0 Å². The monoisotopic (exact) mass is 273 g/mol. The number of aldehydes is 1. The summed E-state index contributed by atoms with van der Waals surface area (Å²) in [6.45, 7) is 5.36. The van der Waals surface area contributed by atoms with Gasteiger partial charge in [0, 0.05) is 13.0 Å². The van der Waals surface area contributed by atoms with Gasteiger partial charge in [-0.2, -0.15) is 0 Å². The van der Waals surface area contributed by atoms with E-state index in [0.717, 1.165) is 30.6 Å². The van der Waals surface area contributed by atoms with E-state index >= 15 is 0 Å². The van der Waals surface area contributed by atoms with Gasteiger partial charge in [-0.05, 0) is 25.5 Å². The maximum atomic E-state index is 10.8. The number of carbonyl (C=O) groups excluding carboxylic acids is 1. The third kappa shape index (κ3) is 3.44. The Morgan fingerprint density at radius 2 is 2.05 bits per heavy atom. The first-order chi connectivity index (χ1) is 9.74. The van der Waals surface area contributed by atoms with Gasteiger partial charge in [0.2, 0.25) is 0 Å². The fraction of sp³-hybridized carbons (Fsp3) is 0.400. The molecule has 2 aromatic rings. The van der Waals surface area contributed by atoms with Crippen LogP contribution in [0.25, 0.3) is 0 Å². The molecule has 0 fully saturated rings. The van der Waals surface area contributed by atoms with Gasteiger partial charge in [-0.1, -0.05) is 29.8 Å². The summed E-state index contributed by atoms with van der Waals surface area (Å²) in [5.74, 6) is 0.874. The van der Waals surface area contributed by atoms with E-state index in [0.29, 0.717) is 18.8 Å². The Bertz CT molecular complexity index is 561. The summed E-state index contributed by atoms with van der Waals surface area (Å²) in [5.41, 5.74) is 2.54. The second kappa shape index (κ2) is 6.84. The Hall–Kier alpha value is -2.17. The number of rotatable bonds is 7. The first kappa shape index (κ1) is 14.2. The highest BCUT2D eigenvalue weighted by atomic mass is 16.5. The first-order valence-corrected chi connectivity index (χ1v) is 6.81. The van der Waals surface area contributed by atoms with Crippen molar-refractivity contribution in [3.05, 3.63) is 41.2 Å². The third-order valence-corrected chi connectivity index (χ3v) is 3.12. The summed E-state index contributed by atoms with van der Waals surface area (Å²) in [6.07, 6.45) is 2.33. The van der Waals surface area contributed by atoms with E-state index in [1.165, 1.54) is 5.56 Å². The average Bonchev–Trinajstić information content (AvgIpc) is 2.87. The fourth-order valence-corrected chi connectivity index (χ4v) is 2.02. The van der Waals surface area contributed by atoms with Crippen LogP contribution in [-0.4, -0.2) is 27.9 Å². The van der Waals surface area contributed by atoms with E-state index in [1.54, 1.807) is 4.68 Å². The van der Waals surface area contributed by atoms with Gasteiger partial charge < -0.3 is 4.74 Å². The van der Waals surface area contributed by atoms with E-state index in [4.69, 9.17) is 4.74 Å². The molecular weight excluding hydrogens is 254 g/mol. The topological polar surface area (TPSA) is 57.0 Å². The van der Waals surface area contributed by atoms with Crippen LogP contribution < -0.4 is 4.74 Å². The molecule has 0 saturated heterocycles. The molecule has 0 N–H and O–H groups in total. The molecule has 20 heavy (non-hydrogen) atoms. The number of nitrogens with zero attached hydrogens (tertiary/aromatic N) is 3. The lowest BCUT2D eigenvalue weighted by atomic mass is 10.2. The van der Waals surface area contributed by atoms with Crippen LogP contribution in [-0.2, 0) is 13.0 Å². The Balaban J connectivity index is 1.82. The molecule has 0 unspecified atom stereocenters. The smallest absolute Gasteiger partial charge is 0.172 e. The summed E-state index contributed by atoms with van der Waals surface area (Å²) in [6, 6.07) is 7.98. The third-order valence-electron chi connectivity index (χ3n) is 3.12. The van der Waals surface area contributed by atoms with Crippen LogP contribution in [0, 0.1) is 6.92 Å². The first-order valence-electron chi connectivity index (χ1n) is 6.81. The highest BCUT2D eigenvalue weighted by Gasteiger charge is 2.09. The number of benzene rings is 1. The predicted octanol–water partition coefficient (Wildman–Crippen LogP) is 2.43. The molecule has 0 aliphatic carbocycles. The number of hydrogen-bond acceptors (Lipinski definition) is 4. The maximum Gasteiger partial charge on any atom is 0.172 e. The summed E-state index contributed by atoms with van der Waals surface area (Å²) >= 11 is 0. The van der Waals surface area contributed by atoms with Gasteiger partial charge >= 0.3 is 0 Å². The molecule has 106 valence electrons. The summed E-state index contributed by atoms with van der Waals surface area (Å²) in [4.78, 5) is 10.8. The van der Waals surface area contributed by atoms with Gasteiger partial charge in [0.25, 0.3) is 0 Å². The van der Waals surface area contributed by atoms with Crippen molar-refractivity contribution in [2.24, 2.45) is 0 Å². The number of ether oxygens (including phenoxy) is 1. The van der Waals surface area contributed by atoms with Crippen molar-refractivity contribution < 1.29 is 9.53 Å². The zero-order valence-corrected chi connectivity index (χ0v) is 11.9. The number of aryl methyl sites for hydroxylation is 2. The highest BCUT2D eigenvalue weighted by Crippen LogP contribution is 2.12. The lowest BCUT2D eigenvalue weighted by Gasteiger charge is -2.07. The number of carbonyl (C=O) groups is 1. The molecule has 0 saturated carbocycles. The van der Waals surface area contributed by atoms with Crippen LogP contribution in [0.5, 0.6) is 5.75 Å². The molecule has 0 amide bonds. The second-order valence-corrected chi connectivity index (χ2v) is 4.63. The molecule has 1 heterocycles. The van der Waals surface area contributed by atoms with Crippen molar-refractivity contribution in [1.82, 2.24) is 15.0 Å². The van der Waals surface area contributed by atoms with Gasteiger partial charge in [0.1, 0.15) is 11.4 Å². The van der Waals surface area contributed by atoms with Crippen LogP contribution in [0.2, 0.25) is 0 Å². The molecular formula is C15H19N3O2. The molecule has 0 spiro atoms. The number of aromatic nitrogens is 3. The van der Waals surface area contributed by atoms with Gasteiger partial charge in [0.05, 0.1) is 12.3 Å². The van der Waals surface area contributed by atoms with Crippen molar-refractivity contribution in [3.8, 4) is 5.75 Å². The molecule has 5 nitrogen and oxygen atoms in total. The Kier molecular flexibility index (Phi) is 4.87. The van der Waals surface area contributed by atoms with Crippen LogP contribution in [0.1, 0.15) is 35.1 Å². The minimum atomic E-state index is 0.437. The van der Waals surface area contributed by atoms with E-state index in [1.807, 2.05) is 38.1 Å². The lowest BCUT2D eigenvalue weighted by molar-refractivity contribution is 0.111.